The van der Waals surface area contributed by atoms with Crippen molar-refractivity contribution in [2.45, 2.75) is 32.2 Å². The molecule has 0 aromatic heterocycles. The largest absolute Gasteiger partial charge is 0.508 e. The number of methoxy groups -OCH3 is 1. The molecule has 1 saturated heterocycles. The van der Waals surface area contributed by atoms with Crippen molar-refractivity contribution in [3.63, 3.8) is 0 Å². The fourth-order valence-corrected chi connectivity index (χ4v) is 2.47. The summed E-state index contributed by atoms with van der Waals surface area (Å²) in [6.07, 6.45) is 2.43. The molecule has 4 heteroatoms. The van der Waals surface area contributed by atoms with E-state index in [9.17, 15) is 9.90 Å². The van der Waals surface area contributed by atoms with Crippen molar-refractivity contribution in [3.8, 4) is 11.5 Å². The second kappa shape index (κ2) is 5.29. The number of carbonyl (C=O) groups is 1. The molecule has 0 spiro atoms. The van der Waals surface area contributed by atoms with Gasteiger partial charge in [0.25, 0.3) is 0 Å². The Hall–Kier alpha value is -1.71. The second-order valence-electron chi connectivity index (χ2n) is 4.75. The quantitative estimate of drug-likeness (QED) is 0.890. The van der Waals surface area contributed by atoms with Crippen molar-refractivity contribution < 1.29 is 14.6 Å². The molecule has 1 aromatic rings. The molecule has 1 heterocycles. The Bertz CT molecular complexity index is 445. The second-order valence-corrected chi connectivity index (χ2v) is 4.75. The summed E-state index contributed by atoms with van der Waals surface area (Å²) in [6.45, 7) is 2.91. The van der Waals surface area contributed by atoms with Gasteiger partial charge in [0.05, 0.1) is 13.5 Å². The Labute approximate surface area is 107 Å². The first kappa shape index (κ1) is 12.7. The molecule has 4 nitrogen and oxygen atoms in total. The molecule has 1 aromatic carbocycles. The van der Waals surface area contributed by atoms with Crippen LogP contribution in [-0.4, -0.2) is 35.6 Å². The lowest BCUT2D eigenvalue weighted by Gasteiger charge is -2.22. The first-order valence-electron chi connectivity index (χ1n) is 6.27. The summed E-state index contributed by atoms with van der Waals surface area (Å²) in [5, 5.41) is 9.48. The topological polar surface area (TPSA) is 49.8 Å². The zero-order valence-corrected chi connectivity index (χ0v) is 10.8. The van der Waals surface area contributed by atoms with E-state index in [-0.39, 0.29) is 18.1 Å². The molecule has 0 unspecified atom stereocenters. The van der Waals surface area contributed by atoms with Crippen LogP contribution in [0.25, 0.3) is 0 Å². The Morgan fingerprint density at radius 1 is 1.56 bits per heavy atom. The molecule has 98 valence electrons. The number of amides is 1. The number of likely N-dealkylation sites (tertiary alicyclic amines) is 1. The van der Waals surface area contributed by atoms with Gasteiger partial charge in [0.1, 0.15) is 11.5 Å². The Morgan fingerprint density at radius 2 is 2.33 bits per heavy atom. The van der Waals surface area contributed by atoms with Crippen molar-refractivity contribution in [2.24, 2.45) is 0 Å². The van der Waals surface area contributed by atoms with Crippen molar-refractivity contribution >= 4 is 5.91 Å². The van der Waals surface area contributed by atoms with Crippen molar-refractivity contribution in [2.75, 3.05) is 13.7 Å². The van der Waals surface area contributed by atoms with Crippen LogP contribution in [0.15, 0.2) is 18.2 Å². The minimum atomic E-state index is 0.101. The number of phenols is 1. The highest BCUT2D eigenvalue weighted by molar-refractivity contribution is 5.80. The molecule has 0 saturated carbocycles. The lowest BCUT2D eigenvalue weighted by molar-refractivity contribution is -0.131. The number of phenolic OH excluding ortho intramolecular Hbond substituents is 1. The van der Waals surface area contributed by atoms with Gasteiger partial charge >= 0.3 is 0 Å². The highest BCUT2D eigenvalue weighted by atomic mass is 16.5. The molecule has 1 aliphatic rings. The third kappa shape index (κ3) is 2.58. The minimum Gasteiger partial charge on any atom is -0.508 e. The predicted octanol–water partition coefficient (Wildman–Crippen LogP) is 1.95. The minimum absolute atomic E-state index is 0.101. The van der Waals surface area contributed by atoms with E-state index in [2.05, 4.69) is 6.92 Å². The standard InChI is InChI=1S/C14H19NO3/c1-10-4-3-7-15(10)14(17)9-11-8-12(16)5-6-13(11)18-2/h5-6,8,10,16H,3-4,7,9H2,1-2H3/t10-/m0/s1. The summed E-state index contributed by atoms with van der Waals surface area (Å²) in [4.78, 5) is 14.1. The molecule has 0 bridgehead atoms. The SMILES string of the molecule is COc1ccc(O)cc1CC(=O)N1CCC[C@@H]1C. The summed E-state index contributed by atoms with van der Waals surface area (Å²) in [5.74, 6) is 0.907. The van der Waals surface area contributed by atoms with Crippen molar-refractivity contribution in [3.05, 3.63) is 23.8 Å². The first-order valence-corrected chi connectivity index (χ1v) is 6.27. The number of aromatic hydroxyl groups is 1. The van der Waals surface area contributed by atoms with E-state index < -0.39 is 0 Å². The Balaban J connectivity index is 2.13. The van der Waals surface area contributed by atoms with Crippen LogP contribution in [0.3, 0.4) is 0 Å². The number of hydrogen-bond donors (Lipinski definition) is 1. The van der Waals surface area contributed by atoms with E-state index in [0.717, 1.165) is 24.9 Å². The number of hydrogen-bond acceptors (Lipinski definition) is 3. The van der Waals surface area contributed by atoms with E-state index in [1.165, 1.54) is 0 Å². The fraction of sp³-hybridized carbons (Fsp3) is 0.500. The van der Waals surface area contributed by atoms with Gasteiger partial charge in [-0.05, 0) is 38.0 Å². The van der Waals surface area contributed by atoms with Crippen LogP contribution in [0.2, 0.25) is 0 Å². The molecule has 1 atom stereocenters. The van der Waals surface area contributed by atoms with Crippen LogP contribution < -0.4 is 4.74 Å². The van der Waals surface area contributed by atoms with Crippen molar-refractivity contribution in [1.82, 2.24) is 4.90 Å². The van der Waals surface area contributed by atoms with E-state index in [4.69, 9.17) is 4.74 Å². The van der Waals surface area contributed by atoms with Crippen LogP contribution >= 0.6 is 0 Å². The smallest absolute Gasteiger partial charge is 0.227 e. The predicted molar refractivity (Wildman–Crippen MR) is 68.8 cm³/mol. The van der Waals surface area contributed by atoms with E-state index in [1.54, 1.807) is 25.3 Å². The molecule has 1 fully saturated rings. The molecule has 0 aliphatic carbocycles. The van der Waals surface area contributed by atoms with Crippen LogP contribution in [0.4, 0.5) is 0 Å². The summed E-state index contributed by atoms with van der Waals surface area (Å²) in [7, 11) is 1.57. The van der Waals surface area contributed by atoms with Crippen LogP contribution in [0.5, 0.6) is 11.5 Å². The fourth-order valence-electron chi connectivity index (χ4n) is 2.47. The highest BCUT2D eigenvalue weighted by Gasteiger charge is 2.25. The lowest BCUT2D eigenvalue weighted by atomic mass is 10.1. The average molecular weight is 249 g/mol. The maximum atomic E-state index is 12.2. The zero-order chi connectivity index (χ0) is 13.1. The molecule has 2 rings (SSSR count). The molecule has 1 N–H and O–H groups in total. The summed E-state index contributed by atoms with van der Waals surface area (Å²) in [5.41, 5.74) is 0.738. The summed E-state index contributed by atoms with van der Waals surface area (Å²) >= 11 is 0. The third-order valence-corrected chi connectivity index (χ3v) is 3.48. The van der Waals surface area contributed by atoms with Gasteiger partial charge in [0, 0.05) is 18.2 Å². The van der Waals surface area contributed by atoms with Gasteiger partial charge in [-0.2, -0.15) is 0 Å². The first-order chi connectivity index (χ1) is 8.61. The van der Waals surface area contributed by atoms with Gasteiger partial charge in [-0.1, -0.05) is 0 Å². The molecular weight excluding hydrogens is 230 g/mol. The monoisotopic (exact) mass is 249 g/mol. The number of rotatable bonds is 3. The molecule has 18 heavy (non-hydrogen) atoms. The molecule has 1 aliphatic heterocycles. The normalized spacial score (nSPS) is 19.0. The number of nitrogens with zero attached hydrogens (tertiary/aromatic N) is 1. The van der Waals surface area contributed by atoms with Gasteiger partial charge in [0.15, 0.2) is 0 Å². The number of carbonyl (C=O) groups excluding carboxylic acids is 1. The van der Waals surface area contributed by atoms with Gasteiger partial charge in [-0.25, -0.2) is 0 Å². The number of ether oxygens (including phenoxy) is 1. The average Bonchev–Trinajstić information content (AvgIpc) is 2.76. The van der Waals surface area contributed by atoms with Crippen molar-refractivity contribution in [1.29, 1.82) is 0 Å². The van der Waals surface area contributed by atoms with Gasteiger partial charge < -0.3 is 14.7 Å². The van der Waals surface area contributed by atoms with Gasteiger partial charge in [-0.15, -0.1) is 0 Å². The third-order valence-electron chi connectivity index (χ3n) is 3.48. The summed E-state index contributed by atoms with van der Waals surface area (Å²) in [6, 6.07) is 5.16. The van der Waals surface area contributed by atoms with E-state index >= 15 is 0 Å². The van der Waals surface area contributed by atoms with Crippen LogP contribution in [0, 0.1) is 0 Å². The molecule has 1 amide bonds. The van der Waals surface area contributed by atoms with Crippen LogP contribution in [-0.2, 0) is 11.2 Å². The maximum Gasteiger partial charge on any atom is 0.227 e. The summed E-state index contributed by atoms with van der Waals surface area (Å²) < 4.78 is 5.21. The van der Waals surface area contributed by atoms with Gasteiger partial charge in [-0.3, -0.25) is 4.79 Å². The zero-order valence-electron chi connectivity index (χ0n) is 10.8. The Kier molecular flexibility index (Phi) is 3.75. The Morgan fingerprint density at radius 3 is 2.94 bits per heavy atom. The van der Waals surface area contributed by atoms with Gasteiger partial charge in [0.2, 0.25) is 5.91 Å². The van der Waals surface area contributed by atoms with Crippen LogP contribution in [0.1, 0.15) is 25.3 Å². The maximum absolute atomic E-state index is 12.2. The van der Waals surface area contributed by atoms with E-state index in [1.807, 2.05) is 4.90 Å². The molecular formula is C14H19NO3. The lowest BCUT2D eigenvalue weighted by Crippen LogP contribution is -2.34. The number of benzene rings is 1. The highest BCUT2D eigenvalue weighted by Crippen LogP contribution is 2.25. The molecule has 0 radical (unpaired) electrons. The van der Waals surface area contributed by atoms with E-state index in [0.29, 0.717) is 11.8 Å².